The number of nitrogens with zero attached hydrogens (tertiary/aromatic N) is 2. The normalized spacial score (nSPS) is 10.3. The molecule has 0 fully saturated rings. The maximum Gasteiger partial charge on any atom is 0.255 e. The van der Waals surface area contributed by atoms with E-state index in [0.29, 0.717) is 22.6 Å². The molecule has 18 heavy (non-hydrogen) atoms. The van der Waals surface area contributed by atoms with Gasteiger partial charge in [0.1, 0.15) is 0 Å². The smallest absolute Gasteiger partial charge is 0.255 e. The van der Waals surface area contributed by atoms with Crippen LogP contribution in [-0.4, -0.2) is 15.7 Å². The van der Waals surface area contributed by atoms with Crippen molar-refractivity contribution in [3.63, 3.8) is 0 Å². The van der Waals surface area contributed by atoms with E-state index in [-0.39, 0.29) is 5.91 Å². The third-order valence-electron chi connectivity index (χ3n) is 2.50. The van der Waals surface area contributed by atoms with E-state index in [9.17, 15) is 4.79 Å². The van der Waals surface area contributed by atoms with Crippen LogP contribution < -0.4 is 16.8 Å². The molecule has 0 bridgehead atoms. The van der Waals surface area contributed by atoms with Crippen molar-refractivity contribution in [3.05, 3.63) is 35.7 Å². The molecule has 0 radical (unpaired) electrons. The van der Waals surface area contributed by atoms with Crippen LogP contribution in [0, 0.1) is 6.92 Å². The van der Waals surface area contributed by atoms with Crippen molar-refractivity contribution >= 4 is 23.0 Å². The Bertz CT molecular complexity index is 582. The van der Waals surface area contributed by atoms with Crippen molar-refractivity contribution < 1.29 is 4.79 Å². The summed E-state index contributed by atoms with van der Waals surface area (Å²) in [6, 6.07) is 4.76. The molecule has 1 aromatic heterocycles. The highest BCUT2D eigenvalue weighted by Crippen LogP contribution is 2.17. The summed E-state index contributed by atoms with van der Waals surface area (Å²) < 4.78 is 1.64. The molecule has 5 N–H and O–H groups in total. The zero-order valence-electron chi connectivity index (χ0n) is 10.3. The van der Waals surface area contributed by atoms with Crippen LogP contribution >= 0.6 is 0 Å². The van der Waals surface area contributed by atoms with Gasteiger partial charge in [0.25, 0.3) is 5.91 Å². The Hall–Kier alpha value is -2.50. The predicted octanol–water partition coefficient (Wildman–Crippen LogP) is 1.15. The molecule has 0 saturated heterocycles. The lowest BCUT2D eigenvalue weighted by Crippen LogP contribution is -2.13. The lowest BCUT2D eigenvalue weighted by molar-refractivity contribution is 0.102. The van der Waals surface area contributed by atoms with E-state index in [1.54, 1.807) is 36.1 Å². The summed E-state index contributed by atoms with van der Waals surface area (Å²) in [5.41, 5.74) is 14.1. The molecule has 6 heteroatoms. The number of amides is 1. The molecule has 2 rings (SSSR count). The van der Waals surface area contributed by atoms with Crippen molar-refractivity contribution in [2.45, 2.75) is 6.92 Å². The summed E-state index contributed by atoms with van der Waals surface area (Å²) in [6.07, 6.45) is 1.74. The quantitative estimate of drug-likeness (QED) is 0.691. The van der Waals surface area contributed by atoms with Crippen LogP contribution in [0.1, 0.15) is 16.1 Å². The van der Waals surface area contributed by atoms with Crippen LogP contribution in [0.3, 0.4) is 0 Å². The summed E-state index contributed by atoms with van der Waals surface area (Å²) in [7, 11) is 1.79. The van der Waals surface area contributed by atoms with Gasteiger partial charge in [0.2, 0.25) is 0 Å². The first kappa shape index (κ1) is 12.0. The number of hydrogen-bond acceptors (Lipinski definition) is 4. The molecule has 2 aromatic rings. The van der Waals surface area contributed by atoms with Crippen LogP contribution in [0.25, 0.3) is 0 Å². The predicted molar refractivity (Wildman–Crippen MR) is 71.2 cm³/mol. The largest absolute Gasteiger partial charge is 0.399 e. The van der Waals surface area contributed by atoms with Gasteiger partial charge in [-0.15, -0.1) is 0 Å². The number of nitrogens with one attached hydrogen (secondary N) is 1. The van der Waals surface area contributed by atoms with Gasteiger partial charge in [-0.05, 0) is 25.1 Å². The second-order valence-electron chi connectivity index (χ2n) is 4.14. The number of carbonyl (C=O) groups excluding carboxylic acids is 1. The minimum atomic E-state index is -0.259. The topological polar surface area (TPSA) is 99.0 Å². The lowest BCUT2D eigenvalue weighted by Gasteiger charge is -2.05. The molecule has 0 spiro atoms. The number of aromatic nitrogens is 2. The zero-order valence-corrected chi connectivity index (χ0v) is 10.3. The number of aryl methyl sites for hydroxylation is 2. The van der Waals surface area contributed by atoms with Crippen molar-refractivity contribution in [2.75, 3.05) is 16.8 Å². The number of nitrogen functional groups attached to an aromatic ring is 2. The summed E-state index contributed by atoms with van der Waals surface area (Å²) >= 11 is 0. The van der Waals surface area contributed by atoms with E-state index in [2.05, 4.69) is 10.4 Å². The van der Waals surface area contributed by atoms with Gasteiger partial charge < -0.3 is 16.8 Å². The van der Waals surface area contributed by atoms with Gasteiger partial charge in [-0.25, -0.2) is 0 Å². The fourth-order valence-electron chi connectivity index (χ4n) is 1.72. The van der Waals surface area contributed by atoms with Gasteiger partial charge >= 0.3 is 0 Å². The molecule has 0 aliphatic heterocycles. The van der Waals surface area contributed by atoms with Gasteiger partial charge in [-0.2, -0.15) is 5.10 Å². The van der Waals surface area contributed by atoms with E-state index in [1.165, 1.54) is 0 Å². The molecular weight excluding hydrogens is 230 g/mol. The van der Waals surface area contributed by atoms with E-state index >= 15 is 0 Å². The highest BCUT2D eigenvalue weighted by Gasteiger charge is 2.10. The first-order chi connectivity index (χ1) is 8.45. The average molecular weight is 245 g/mol. The molecule has 1 aromatic carbocycles. The molecule has 6 nitrogen and oxygen atoms in total. The van der Waals surface area contributed by atoms with Gasteiger partial charge in [0.15, 0.2) is 0 Å². The van der Waals surface area contributed by atoms with Crippen LogP contribution in [0.5, 0.6) is 0 Å². The molecule has 1 heterocycles. The van der Waals surface area contributed by atoms with Gasteiger partial charge in [0.05, 0.1) is 11.4 Å². The molecule has 0 saturated carbocycles. The Morgan fingerprint density at radius 1 is 1.28 bits per heavy atom. The molecule has 0 unspecified atom stereocenters. The van der Waals surface area contributed by atoms with Crippen molar-refractivity contribution in [1.29, 1.82) is 0 Å². The highest BCUT2D eigenvalue weighted by atomic mass is 16.1. The summed E-state index contributed by atoms with van der Waals surface area (Å²) in [5.74, 6) is -0.259. The highest BCUT2D eigenvalue weighted by molar-refractivity contribution is 6.05. The summed E-state index contributed by atoms with van der Waals surface area (Å²) in [4.78, 5) is 12.0. The van der Waals surface area contributed by atoms with Crippen molar-refractivity contribution in [3.8, 4) is 0 Å². The van der Waals surface area contributed by atoms with Crippen molar-refractivity contribution in [1.82, 2.24) is 9.78 Å². The maximum atomic E-state index is 12.0. The van der Waals surface area contributed by atoms with E-state index in [0.717, 1.165) is 5.69 Å². The fraction of sp³-hybridized carbons (Fsp3) is 0.167. The zero-order chi connectivity index (χ0) is 13.3. The monoisotopic (exact) mass is 245 g/mol. The fourth-order valence-corrected chi connectivity index (χ4v) is 1.72. The second-order valence-corrected chi connectivity index (χ2v) is 4.14. The lowest BCUT2D eigenvalue weighted by atomic mass is 10.1. The minimum absolute atomic E-state index is 0.259. The number of carbonyl (C=O) groups is 1. The van der Waals surface area contributed by atoms with Gasteiger partial charge in [0, 0.05) is 30.2 Å². The van der Waals surface area contributed by atoms with Crippen LogP contribution in [0.2, 0.25) is 0 Å². The van der Waals surface area contributed by atoms with E-state index in [4.69, 9.17) is 11.5 Å². The molecule has 0 atom stereocenters. The molecule has 1 amide bonds. The summed E-state index contributed by atoms with van der Waals surface area (Å²) in [5, 5.41) is 6.91. The number of benzene rings is 1. The molecular formula is C12H15N5O. The Morgan fingerprint density at radius 3 is 2.39 bits per heavy atom. The number of rotatable bonds is 2. The Morgan fingerprint density at radius 2 is 1.89 bits per heavy atom. The third kappa shape index (κ3) is 2.42. The second kappa shape index (κ2) is 4.40. The van der Waals surface area contributed by atoms with Crippen LogP contribution in [0.15, 0.2) is 24.4 Å². The minimum Gasteiger partial charge on any atom is -0.399 e. The van der Waals surface area contributed by atoms with Gasteiger partial charge in [-0.1, -0.05) is 0 Å². The van der Waals surface area contributed by atoms with E-state index < -0.39 is 0 Å². The Balaban J connectivity index is 2.24. The molecule has 94 valence electrons. The first-order valence-corrected chi connectivity index (χ1v) is 5.43. The third-order valence-corrected chi connectivity index (χ3v) is 2.50. The van der Waals surface area contributed by atoms with Crippen LogP contribution in [0.4, 0.5) is 17.1 Å². The average Bonchev–Trinajstić information content (AvgIpc) is 2.56. The molecule has 0 aliphatic rings. The Kier molecular flexibility index (Phi) is 2.93. The SMILES string of the molecule is Cc1nn(C)cc1NC(=O)c1cc(N)cc(N)c1. The number of hydrogen-bond donors (Lipinski definition) is 3. The maximum absolute atomic E-state index is 12.0. The standard InChI is InChI=1S/C12H15N5O/c1-7-11(6-17(2)16-7)15-12(18)8-3-9(13)5-10(14)4-8/h3-6H,13-14H2,1-2H3,(H,15,18). The molecule has 0 aliphatic carbocycles. The first-order valence-electron chi connectivity index (χ1n) is 5.43. The van der Waals surface area contributed by atoms with Gasteiger partial charge in [-0.3, -0.25) is 9.48 Å². The van der Waals surface area contributed by atoms with Crippen molar-refractivity contribution in [2.24, 2.45) is 7.05 Å². The number of anilines is 3. The van der Waals surface area contributed by atoms with Crippen LogP contribution in [-0.2, 0) is 7.05 Å². The number of nitrogens with two attached hydrogens (primary N) is 2. The van der Waals surface area contributed by atoms with E-state index in [1.807, 2.05) is 6.92 Å². The Labute approximate surface area is 105 Å². The summed E-state index contributed by atoms with van der Waals surface area (Å²) in [6.45, 7) is 1.82.